The molecule has 0 unspecified atom stereocenters. The molecule has 6 heteroatoms. The first-order valence-electron chi connectivity index (χ1n) is 9.82. The van der Waals surface area contributed by atoms with Gasteiger partial charge in [0.1, 0.15) is 11.1 Å². The average Bonchev–Trinajstić information content (AvgIpc) is 2.71. The number of rotatable bonds is 7. The van der Waals surface area contributed by atoms with Gasteiger partial charge in [-0.3, -0.25) is 14.4 Å². The van der Waals surface area contributed by atoms with Gasteiger partial charge in [-0.15, -0.1) is 6.58 Å². The highest BCUT2D eigenvalue weighted by atomic mass is 16.2. The molecule has 0 radical (unpaired) electrons. The van der Waals surface area contributed by atoms with Gasteiger partial charge in [-0.2, -0.15) is 0 Å². The fourth-order valence-corrected chi connectivity index (χ4v) is 3.46. The van der Waals surface area contributed by atoms with Crippen LogP contribution in [0.25, 0.3) is 0 Å². The van der Waals surface area contributed by atoms with Crippen molar-refractivity contribution in [1.82, 2.24) is 14.8 Å². The van der Waals surface area contributed by atoms with E-state index in [1.165, 1.54) is 6.42 Å². The summed E-state index contributed by atoms with van der Waals surface area (Å²) in [5.74, 6) is -0.783. The summed E-state index contributed by atoms with van der Waals surface area (Å²) in [5.41, 5.74) is -0.446. The van der Waals surface area contributed by atoms with Crippen LogP contribution in [-0.2, 0) is 0 Å². The van der Waals surface area contributed by atoms with Crippen molar-refractivity contribution < 1.29 is 9.59 Å². The van der Waals surface area contributed by atoms with Gasteiger partial charge in [0.2, 0.25) is 5.43 Å². The number of nitrogens with zero attached hydrogens (tertiary/aromatic N) is 2. The molecule has 1 aliphatic rings. The van der Waals surface area contributed by atoms with Crippen LogP contribution in [0.1, 0.15) is 79.1 Å². The lowest BCUT2D eigenvalue weighted by atomic mass is 9.94. The van der Waals surface area contributed by atoms with Crippen molar-refractivity contribution in [2.45, 2.75) is 64.5 Å². The molecule has 27 heavy (non-hydrogen) atoms. The monoisotopic (exact) mass is 373 g/mol. The number of nitrogens with one attached hydrogen (secondary N) is 1. The zero-order chi connectivity index (χ0) is 20.0. The van der Waals surface area contributed by atoms with E-state index in [0.717, 1.165) is 32.1 Å². The Hall–Kier alpha value is -2.37. The van der Waals surface area contributed by atoms with Gasteiger partial charge in [-0.1, -0.05) is 32.3 Å². The molecule has 0 aromatic carbocycles. The van der Waals surface area contributed by atoms with E-state index in [2.05, 4.69) is 11.9 Å². The van der Waals surface area contributed by atoms with E-state index in [0.29, 0.717) is 0 Å². The summed E-state index contributed by atoms with van der Waals surface area (Å²) in [6.45, 7) is 7.85. The fraction of sp³-hybridized carbons (Fsp3) is 0.571. The van der Waals surface area contributed by atoms with E-state index in [-0.39, 0.29) is 35.7 Å². The van der Waals surface area contributed by atoms with E-state index in [9.17, 15) is 14.4 Å². The Morgan fingerprint density at radius 1 is 1.30 bits per heavy atom. The van der Waals surface area contributed by atoms with Crippen LogP contribution < -0.4 is 10.7 Å². The van der Waals surface area contributed by atoms with Crippen LogP contribution in [0.4, 0.5) is 0 Å². The molecule has 0 saturated heterocycles. The summed E-state index contributed by atoms with van der Waals surface area (Å²) in [4.78, 5) is 40.1. The van der Waals surface area contributed by atoms with Crippen molar-refractivity contribution in [1.29, 1.82) is 0 Å². The molecule has 1 aromatic heterocycles. The maximum atomic E-state index is 13.1. The largest absolute Gasteiger partial charge is 0.350 e. The molecule has 1 aromatic rings. The SMILES string of the molecule is C=CCNC(=O)c1cn([C@H](C)CC)cc(C(=O)N(C)C2CCCCC2)c1=O. The van der Waals surface area contributed by atoms with Crippen LogP contribution in [0.5, 0.6) is 0 Å². The third-order valence-corrected chi connectivity index (χ3v) is 5.47. The van der Waals surface area contributed by atoms with Gasteiger partial charge >= 0.3 is 0 Å². The molecule has 148 valence electrons. The highest BCUT2D eigenvalue weighted by Gasteiger charge is 2.27. The number of carbonyl (C=O) groups excluding carboxylic acids is 2. The summed E-state index contributed by atoms with van der Waals surface area (Å²) in [5, 5.41) is 2.64. The molecule has 6 nitrogen and oxygen atoms in total. The number of hydrogen-bond acceptors (Lipinski definition) is 3. The van der Waals surface area contributed by atoms with Crippen molar-refractivity contribution in [3.63, 3.8) is 0 Å². The van der Waals surface area contributed by atoms with Crippen molar-refractivity contribution >= 4 is 11.8 Å². The molecule has 2 amide bonds. The molecule has 1 heterocycles. The van der Waals surface area contributed by atoms with Crippen molar-refractivity contribution in [2.75, 3.05) is 13.6 Å². The lowest BCUT2D eigenvalue weighted by Crippen LogP contribution is -2.41. The number of amides is 2. The minimum atomic E-state index is -0.510. The maximum Gasteiger partial charge on any atom is 0.259 e. The Bertz CT molecular complexity index is 748. The highest BCUT2D eigenvalue weighted by Crippen LogP contribution is 2.23. The first-order chi connectivity index (χ1) is 12.9. The van der Waals surface area contributed by atoms with Gasteiger partial charge in [0.15, 0.2) is 0 Å². The second-order valence-electron chi connectivity index (χ2n) is 7.33. The normalized spacial score (nSPS) is 15.8. The molecule has 1 aliphatic carbocycles. The molecule has 1 fully saturated rings. The lowest BCUT2D eigenvalue weighted by Gasteiger charge is -2.31. The standard InChI is InChI=1S/C21H31N3O3/c1-5-12-22-20(26)17-13-24(15(3)6-2)14-18(19(17)25)21(27)23(4)16-10-8-7-9-11-16/h5,13-16H,1,6-12H2,2-4H3,(H,22,26)/t15-/m1/s1. The quantitative estimate of drug-likeness (QED) is 0.747. The molecule has 1 N–H and O–H groups in total. The average molecular weight is 373 g/mol. The van der Waals surface area contributed by atoms with Crippen LogP contribution >= 0.6 is 0 Å². The third-order valence-electron chi connectivity index (χ3n) is 5.47. The second kappa shape index (κ2) is 9.53. The number of carbonyl (C=O) groups is 2. The smallest absolute Gasteiger partial charge is 0.259 e. The molecule has 0 spiro atoms. The van der Waals surface area contributed by atoms with Crippen LogP contribution in [0, 0.1) is 0 Å². The Morgan fingerprint density at radius 2 is 1.93 bits per heavy atom. The van der Waals surface area contributed by atoms with Crippen LogP contribution in [-0.4, -0.2) is 40.9 Å². The van der Waals surface area contributed by atoms with E-state index in [4.69, 9.17) is 0 Å². The molecular formula is C21H31N3O3. The second-order valence-corrected chi connectivity index (χ2v) is 7.33. The summed E-state index contributed by atoms with van der Waals surface area (Å²) in [7, 11) is 1.76. The van der Waals surface area contributed by atoms with Crippen LogP contribution in [0.3, 0.4) is 0 Å². The van der Waals surface area contributed by atoms with Gasteiger partial charge in [-0.25, -0.2) is 0 Å². The van der Waals surface area contributed by atoms with E-state index in [1.54, 1.807) is 35.0 Å². The summed E-state index contributed by atoms with van der Waals surface area (Å²) in [6, 6.07) is 0.226. The van der Waals surface area contributed by atoms with Crippen LogP contribution in [0.2, 0.25) is 0 Å². The highest BCUT2D eigenvalue weighted by molar-refractivity contribution is 5.99. The van der Waals surface area contributed by atoms with Gasteiger partial charge in [0.25, 0.3) is 11.8 Å². The Labute approximate surface area is 161 Å². The Kier molecular flexibility index (Phi) is 7.39. The van der Waals surface area contributed by atoms with Crippen LogP contribution in [0.15, 0.2) is 29.8 Å². The van der Waals surface area contributed by atoms with Crippen molar-refractivity contribution in [3.8, 4) is 0 Å². The third kappa shape index (κ3) is 4.87. The summed E-state index contributed by atoms with van der Waals surface area (Å²) >= 11 is 0. The number of pyridine rings is 1. The minimum absolute atomic E-state index is 0.0000409. The van der Waals surface area contributed by atoms with Gasteiger partial charge < -0.3 is 14.8 Å². The van der Waals surface area contributed by atoms with Crippen molar-refractivity contribution in [3.05, 3.63) is 46.4 Å². The first kappa shape index (κ1) is 20.9. The molecule has 0 aliphatic heterocycles. The lowest BCUT2D eigenvalue weighted by molar-refractivity contribution is 0.0694. The fourth-order valence-electron chi connectivity index (χ4n) is 3.46. The first-order valence-corrected chi connectivity index (χ1v) is 9.82. The van der Waals surface area contributed by atoms with E-state index < -0.39 is 11.3 Å². The van der Waals surface area contributed by atoms with E-state index in [1.807, 2.05) is 13.8 Å². The number of hydrogen-bond donors (Lipinski definition) is 1. The Balaban J connectivity index is 2.43. The van der Waals surface area contributed by atoms with Gasteiger partial charge in [0.05, 0.1) is 0 Å². The molecule has 2 rings (SSSR count). The van der Waals surface area contributed by atoms with Crippen molar-refractivity contribution in [2.24, 2.45) is 0 Å². The molecule has 1 atom stereocenters. The van der Waals surface area contributed by atoms with Gasteiger partial charge in [-0.05, 0) is 26.2 Å². The predicted molar refractivity (Wildman–Crippen MR) is 107 cm³/mol. The summed E-state index contributed by atoms with van der Waals surface area (Å²) in [6.07, 6.45) is 10.8. The molecular weight excluding hydrogens is 342 g/mol. The topological polar surface area (TPSA) is 71.4 Å². The zero-order valence-corrected chi connectivity index (χ0v) is 16.7. The van der Waals surface area contributed by atoms with Gasteiger partial charge in [0, 0.05) is 38.1 Å². The predicted octanol–water partition coefficient (Wildman–Crippen LogP) is 3.14. The minimum Gasteiger partial charge on any atom is -0.350 e. The maximum absolute atomic E-state index is 13.1. The molecule has 1 saturated carbocycles. The zero-order valence-electron chi connectivity index (χ0n) is 16.7. The van der Waals surface area contributed by atoms with E-state index >= 15 is 0 Å². The number of aromatic nitrogens is 1. The Morgan fingerprint density at radius 3 is 2.52 bits per heavy atom. The molecule has 0 bridgehead atoms. The summed E-state index contributed by atoms with van der Waals surface area (Å²) < 4.78 is 1.80.